The molecule has 462 valence electrons. The Labute approximate surface area is 489 Å². The maximum Gasteiger partial charge on any atom is 0.306 e. The Balaban J connectivity index is 2.61. The molecule has 0 aromatic carbocycles. The molecule has 0 aliphatic carbocycles. The van der Waals surface area contributed by atoms with E-state index >= 15 is 0 Å². The Morgan fingerprint density at radius 1 is 0.500 bits per heavy atom. The van der Waals surface area contributed by atoms with Crippen molar-refractivity contribution in [3.8, 4) is 0 Å². The summed E-state index contributed by atoms with van der Waals surface area (Å²) in [7, 11) is 0. The number of carbonyl (C=O) groups excluding carboxylic acids is 2. The molecule has 8 unspecified atom stereocenters. The summed E-state index contributed by atoms with van der Waals surface area (Å²) in [6.07, 6.45) is 63.3. The molecule has 1 fully saturated rings. The second-order valence-electron chi connectivity index (χ2n) is 22.5. The summed E-state index contributed by atoms with van der Waals surface area (Å²) in [4.78, 5) is 26.6. The van der Waals surface area contributed by atoms with Crippen molar-refractivity contribution in [1.29, 1.82) is 0 Å². The number of hydrogen-bond acceptors (Lipinski definition) is 10. The SMILES string of the molecule is CCCCC/C=C\C/C=C\C/C=C\C/C=C\CCCCCCCCCCCC(=O)OC1C(OCC(NC(=O)C(O)CCCCCCC/C=C/C=C/CCCCC)C(O)/C=C/CCCCCCCCCCCC)OC(CO)C(O)C1O. The zero-order chi connectivity index (χ0) is 58.2. The summed E-state index contributed by atoms with van der Waals surface area (Å²) >= 11 is 0. The minimum absolute atomic E-state index is 0.112. The van der Waals surface area contributed by atoms with Crippen molar-refractivity contribution in [3.05, 3.63) is 85.1 Å². The lowest BCUT2D eigenvalue weighted by Gasteiger charge is -2.41. The van der Waals surface area contributed by atoms with Gasteiger partial charge in [-0.15, -0.1) is 0 Å². The predicted octanol–water partition coefficient (Wildman–Crippen LogP) is 16.1. The van der Waals surface area contributed by atoms with Gasteiger partial charge in [-0.2, -0.15) is 0 Å². The molecule has 1 rings (SSSR count). The Bertz CT molecular complexity index is 1620. The van der Waals surface area contributed by atoms with Gasteiger partial charge in [0.05, 0.1) is 25.4 Å². The van der Waals surface area contributed by atoms with Crippen molar-refractivity contribution in [2.24, 2.45) is 0 Å². The number of allylic oxidation sites excluding steroid dienone is 13. The fraction of sp³-hybridized carbons (Fsp3) is 0.768. The lowest BCUT2D eigenvalue weighted by atomic mass is 9.99. The third kappa shape index (κ3) is 43.5. The molecule has 0 aromatic rings. The molecule has 6 N–H and O–H groups in total. The largest absolute Gasteiger partial charge is 0.454 e. The summed E-state index contributed by atoms with van der Waals surface area (Å²) in [5.41, 5.74) is 0. The van der Waals surface area contributed by atoms with Gasteiger partial charge in [0.1, 0.15) is 24.4 Å². The molecule has 0 bridgehead atoms. The van der Waals surface area contributed by atoms with Crippen LogP contribution in [0.3, 0.4) is 0 Å². The van der Waals surface area contributed by atoms with E-state index in [1.807, 2.05) is 6.08 Å². The van der Waals surface area contributed by atoms with Crippen LogP contribution in [0.5, 0.6) is 0 Å². The van der Waals surface area contributed by atoms with Crippen molar-refractivity contribution >= 4 is 11.9 Å². The fourth-order valence-corrected chi connectivity index (χ4v) is 9.80. The number of carbonyl (C=O) groups is 2. The number of nitrogens with one attached hydrogen (secondary N) is 1. The minimum atomic E-state index is -1.62. The number of esters is 1. The van der Waals surface area contributed by atoms with Gasteiger partial charge in [-0.3, -0.25) is 9.59 Å². The van der Waals surface area contributed by atoms with E-state index in [9.17, 15) is 35.1 Å². The quantitative estimate of drug-likeness (QED) is 0.0149. The van der Waals surface area contributed by atoms with Gasteiger partial charge in [-0.25, -0.2) is 0 Å². The molecule has 8 atom stereocenters. The van der Waals surface area contributed by atoms with Crippen molar-refractivity contribution in [2.45, 2.75) is 327 Å². The fourth-order valence-electron chi connectivity index (χ4n) is 9.80. The maximum absolute atomic E-state index is 13.4. The van der Waals surface area contributed by atoms with E-state index in [2.05, 4.69) is 99.0 Å². The zero-order valence-electron chi connectivity index (χ0n) is 51.2. The second-order valence-corrected chi connectivity index (χ2v) is 22.5. The van der Waals surface area contributed by atoms with Crippen LogP contribution in [0.2, 0.25) is 0 Å². The third-order valence-electron chi connectivity index (χ3n) is 15.0. The van der Waals surface area contributed by atoms with E-state index in [-0.39, 0.29) is 19.4 Å². The Hall–Kier alpha value is -3.16. The van der Waals surface area contributed by atoms with Crippen LogP contribution in [-0.2, 0) is 23.8 Å². The first-order valence-electron chi connectivity index (χ1n) is 32.9. The van der Waals surface area contributed by atoms with E-state index < -0.39 is 67.4 Å². The van der Waals surface area contributed by atoms with Crippen molar-refractivity contribution in [1.82, 2.24) is 5.32 Å². The molecule has 80 heavy (non-hydrogen) atoms. The standard InChI is InChI=1S/C69H121NO10/c1-4-7-10-13-16-19-22-25-27-28-29-30-31-32-33-34-35-36-37-39-42-45-48-51-54-57-64(74)80-67-66(76)65(75)63(58-71)79-69(67)78-59-60(61(72)55-52-49-46-43-40-24-21-18-15-12-9-6-3)70-68(77)62(73)56-53-50-47-44-41-38-26-23-20-17-14-11-8-5-2/h16-17,19-20,23,25-27,29-30,32-33,52,55,60-63,65-67,69,71-73,75-76H,4-15,18,21-22,24,28,31,34-51,53-54,56-59H2,1-3H3,(H,70,77)/b19-16-,20-17+,26-23+,27-25-,30-29-,33-32-,55-52+. The molecule has 1 heterocycles. The molecule has 1 aliphatic heterocycles. The predicted molar refractivity (Wildman–Crippen MR) is 333 cm³/mol. The summed E-state index contributed by atoms with van der Waals surface area (Å²) in [5, 5.41) is 57.0. The number of unbranched alkanes of at least 4 members (excludes halogenated alkanes) is 30. The minimum Gasteiger partial charge on any atom is -0.454 e. The molecule has 0 spiro atoms. The molecule has 1 saturated heterocycles. The summed E-state index contributed by atoms with van der Waals surface area (Å²) in [5.74, 6) is -1.21. The van der Waals surface area contributed by atoms with Crippen LogP contribution in [0.15, 0.2) is 85.1 Å². The number of amides is 1. The summed E-state index contributed by atoms with van der Waals surface area (Å²) in [6, 6.07) is -1.03. The monoisotopic (exact) mass is 1120 g/mol. The normalized spacial score (nSPS) is 19.3. The molecule has 11 heteroatoms. The summed E-state index contributed by atoms with van der Waals surface area (Å²) in [6.45, 7) is 5.72. The van der Waals surface area contributed by atoms with Gasteiger partial charge in [0.15, 0.2) is 12.4 Å². The van der Waals surface area contributed by atoms with Crippen molar-refractivity contribution in [3.63, 3.8) is 0 Å². The lowest BCUT2D eigenvalue weighted by Crippen LogP contribution is -2.61. The maximum atomic E-state index is 13.4. The second kappa shape index (κ2) is 56.3. The van der Waals surface area contributed by atoms with Gasteiger partial charge in [0.25, 0.3) is 0 Å². The first-order chi connectivity index (χ1) is 39.2. The van der Waals surface area contributed by atoms with Gasteiger partial charge in [-0.1, -0.05) is 260 Å². The summed E-state index contributed by atoms with van der Waals surface area (Å²) < 4.78 is 17.6. The number of rotatable bonds is 55. The van der Waals surface area contributed by atoms with Crippen LogP contribution in [0, 0.1) is 0 Å². The van der Waals surface area contributed by atoms with Gasteiger partial charge < -0.3 is 45.1 Å². The Morgan fingerprint density at radius 2 is 0.900 bits per heavy atom. The Morgan fingerprint density at radius 3 is 1.39 bits per heavy atom. The molecule has 1 amide bonds. The number of ether oxygens (including phenoxy) is 3. The van der Waals surface area contributed by atoms with Gasteiger partial charge in [-0.05, 0) is 96.3 Å². The van der Waals surface area contributed by atoms with E-state index in [0.29, 0.717) is 12.8 Å². The third-order valence-corrected chi connectivity index (χ3v) is 15.0. The van der Waals surface area contributed by atoms with Crippen LogP contribution < -0.4 is 5.32 Å². The van der Waals surface area contributed by atoms with Crippen molar-refractivity contribution < 1.29 is 49.3 Å². The van der Waals surface area contributed by atoms with Crippen molar-refractivity contribution in [2.75, 3.05) is 13.2 Å². The molecular weight excluding hydrogens is 1000 g/mol. The molecule has 0 saturated carbocycles. The topological polar surface area (TPSA) is 175 Å². The lowest BCUT2D eigenvalue weighted by molar-refractivity contribution is -0.305. The first kappa shape index (κ1) is 74.9. The molecule has 0 radical (unpaired) electrons. The van der Waals surface area contributed by atoms with Gasteiger partial charge in [0, 0.05) is 6.42 Å². The molecular formula is C69H121NO10. The van der Waals surface area contributed by atoms with Crippen LogP contribution >= 0.6 is 0 Å². The highest BCUT2D eigenvalue weighted by atomic mass is 16.7. The van der Waals surface area contributed by atoms with Crippen LogP contribution in [0.1, 0.15) is 278 Å². The van der Waals surface area contributed by atoms with E-state index in [1.54, 1.807) is 6.08 Å². The first-order valence-corrected chi connectivity index (χ1v) is 32.9. The van der Waals surface area contributed by atoms with E-state index in [4.69, 9.17) is 14.2 Å². The number of hydrogen-bond donors (Lipinski definition) is 6. The average molecular weight is 1120 g/mol. The smallest absolute Gasteiger partial charge is 0.306 e. The van der Waals surface area contributed by atoms with E-state index in [1.165, 1.54) is 122 Å². The average Bonchev–Trinajstić information content (AvgIpc) is 3.46. The van der Waals surface area contributed by atoms with Gasteiger partial charge >= 0.3 is 5.97 Å². The highest BCUT2D eigenvalue weighted by Crippen LogP contribution is 2.26. The van der Waals surface area contributed by atoms with E-state index in [0.717, 1.165) is 109 Å². The number of aliphatic hydroxyl groups is 5. The van der Waals surface area contributed by atoms with Crippen LogP contribution in [0.4, 0.5) is 0 Å². The molecule has 11 nitrogen and oxygen atoms in total. The zero-order valence-corrected chi connectivity index (χ0v) is 51.2. The highest BCUT2D eigenvalue weighted by Gasteiger charge is 2.47. The number of aliphatic hydroxyl groups excluding tert-OH is 5. The Kier molecular flexibility index (Phi) is 52.7. The van der Waals surface area contributed by atoms with Crippen LogP contribution in [0.25, 0.3) is 0 Å². The highest BCUT2D eigenvalue weighted by molar-refractivity contribution is 5.80. The van der Waals surface area contributed by atoms with Crippen LogP contribution in [-0.4, -0.2) is 99.6 Å². The van der Waals surface area contributed by atoms with Gasteiger partial charge in [0.2, 0.25) is 5.91 Å². The molecule has 1 aliphatic rings. The molecule has 0 aromatic heterocycles.